The van der Waals surface area contributed by atoms with E-state index in [1.165, 1.54) is 17.0 Å². The molecular weight excluding hydrogens is 339 g/mol. The van der Waals surface area contributed by atoms with Crippen LogP contribution in [0.15, 0.2) is 22.7 Å². The molecule has 20 heavy (non-hydrogen) atoms. The number of amides is 1. The van der Waals surface area contributed by atoms with Gasteiger partial charge in [0.25, 0.3) is 5.91 Å². The van der Waals surface area contributed by atoms with Crippen molar-refractivity contribution >= 4 is 21.8 Å². The fourth-order valence-electron chi connectivity index (χ4n) is 2.16. The number of rotatable bonds is 2. The minimum atomic E-state index is -4.49. The topological polar surface area (TPSA) is 29.5 Å². The molecule has 0 aliphatic carbocycles. The molecule has 1 unspecified atom stereocenters. The van der Waals surface area contributed by atoms with Crippen molar-refractivity contribution in [2.75, 3.05) is 20.2 Å². The van der Waals surface area contributed by atoms with Gasteiger partial charge in [0.1, 0.15) is 0 Å². The van der Waals surface area contributed by atoms with Crippen LogP contribution in [-0.2, 0) is 10.9 Å². The molecule has 1 amide bonds. The first-order valence-corrected chi connectivity index (χ1v) is 6.81. The Morgan fingerprint density at radius 1 is 1.45 bits per heavy atom. The van der Waals surface area contributed by atoms with Crippen molar-refractivity contribution in [3.63, 3.8) is 0 Å². The Bertz CT molecular complexity index is 519. The molecule has 0 bridgehead atoms. The minimum Gasteiger partial charge on any atom is -0.380 e. The van der Waals surface area contributed by atoms with E-state index in [1.807, 2.05) is 0 Å². The maximum Gasteiger partial charge on any atom is 0.417 e. The van der Waals surface area contributed by atoms with Gasteiger partial charge in [-0.3, -0.25) is 4.79 Å². The molecular formula is C13H13BrF3NO2. The van der Waals surface area contributed by atoms with Gasteiger partial charge < -0.3 is 9.64 Å². The number of carbonyl (C=O) groups is 1. The predicted octanol–water partition coefficient (Wildman–Crippen LogP) is 3.33. The fraction of sp³-hybridized carbons (Fsp3) is 0.462. The lowest BCUT2D eigenvalue weighted by Crippen LogP contribution is -2.30. The molecule has 0 radical (unpaired) electrons. The average molecular weight is 352 g/mol. The largest absolute Gasteiger partial charge is 0.417 e. The van der Waals surface area contributed by atoms with Crippen molar-refractivity contribution in [2.24, 2.45) is 0 Å². The fourth-order valence-corrected chi connectivity index (χ4v) is 2.63. The van der Waals surface area contributed by atoms with Crippen LogP contribution in [0.5, 0.6) is 0 Å². The van der Waals surface area contributed by atoms with Crippen LogP contribution in [0.4, 0.5) is 13.2 Å². The van der Waals surface area contributed by atoms with Crippen LogP contribution >= 0.6 is 15.9 Å². The molecule has 0 aromatic heterocycles. The van der Waals surface area contributed by atoms with Crippen molar-refractivity contribution in [1.82, 2.24) is 4.90 Å². The third-order valence-electron chi connectivity index (χ3n) is 3.28. The van der Waals surface area contributed by atoms with Gasteiger partial charge in [-0.1, -0.05) is 15.9 Å². The third kappa shape index (κ3) is 3.15. The Hall–Kier alpha value is -1.08. The van der Waals surface area contributed by atoms with Crippen LogP contribution in [0.2, 0.25) is 0 Å². The Morgan fingerprint density at radius 3 is 2.70 bits per heavy atom. The zero-order valence-corrected chi connectivity index (χ0v) is 12.3. The van der Waals surface area contributed by atoms with Crippen LogP contribution in [-0.4, -0.2) is 37.1 Å². The summed E-state index contributed by atoms with van der Waals surface area (Å²) in [4.78, 5) is 13.7. The van der Waals surface area contributed by atoms with Crippen molar-refractivity contribution in [2.45, 2.75) is 18.7 Å². The van der Waals surface area contributed by atoms with E-state index in [0.717, 1.165) is 6.07 Å². The number of hydrogen-bond donors (Lipinski definition) is 0. The van der Waals surface area contributed by atoms with Gasteiger partial charge in [-0.15, -0.1) is 0 Å². The smallest absolute Gasteiger partial charge is 0.380 e. The molecule has 0 saturated carbocycles. The Balaban J connectivity index is 2.23. The molecule has 110 valence electrons. The second kappa shape index (κ2) is 5.73. The quantitative estimate of drug-likeness (QED) is 0.817. The molecule has 1 aliphatic heterocycles. The monoisotopic (exact) mass is 351 g/mol. The number of likely N-dealkylation sites (tertiary alicyclic amines) is 1. The lowest BCUT2D eigenvalue weighted by molar-refractivity contribution is -0.138. The van der Waals surface area contributed by atoms with E-state index in [-0.39, 0.29) is 16.1 Å². The van der Waals surface area contributed by atoms with Crippen molar-refractivity contribution in [3.8, 4) is 0 Å². The highest BCUT2D eigenvalue weighted by molar-refractivity contribution is 9.10. The average Bonchev–Trinajstić information content (AvgIpc) is 2.86. The maximum atomic E-state index is 12.8. The zero-order valence-electron chi connectivity index (χ0n) is 10.7. The van der Waals surface area contributed by atoms with Gasteiger partial charge in [0.15, 0.2) is 0 Å². The van der Waals surface area contributed by atoms with Gasteiger partial charge >= 0.3 is 6.18 Å². The molecule has 1 fully saturated rings. The predicted molar refractivity (Wildman–Crippen MR) is 70.5 cm³/mol. The molecule has 3 nitrogen and oxygen atoms in total. The van der Waals surface area contributed by atoms with Gasteiger partial charge in [0.05, 0.1) is 11.7 Å². The van der Waals surface area contributed by atoms with Crippen LogP contribution in [0, 0.1) is 0 Å². The van der Waals surface area contributed by atoms with Gasteiger partial charge in [0, 0.05) is 30.2 Å². The summed E-state index contributed by atoms with van der Waals surface area (Å²) in [7, 11) is 1.56. The molecule has 1 atom stereocenters. The molecule has 1 aromatic carbocycles. The van der Waals surface area contributed by atoms with Crippen molar-refractivity contribution in [3.05, 3.63) is 33.8 Å². The summed E-state index contributed by atoms with van der Waals surface area (Å²) in [5.41, 5.74) is -0.803. The second-order valence-corrected chi connectivity index (χ2v) is 5.44. The standard InChI is InChI=1S/C13H13BrF3NO2/c1-20-9-4-5-18(7-9)12(19)8-2-3-11(14)10(6-8)13(15,16)17/h2-3,6,9H,4-5,7H2,1H3. The van der Waals surface area contributed by atoms with Crippen LogP contribution in [0.25, 0.3) is 0 Å². The summed E-state index contributed by atoms with van der Waals surface area (Å²) in [6, 6.07) is 3.52. The first-order valence-electron chi connectivity index (χ1n) is 6.01. The van der Waals surface area contributed by atoms with Gasteiger partial charge in [0.2, 0.25) is 0 Å². The first kappa shape index (κ1) is 15.3. The number of ether oxygens (including phenoxy) is 1. The van der Waals surface area contributed by atoms with E-state index in [1.54, 1.807) is 7.11 Å². The summed E-state index contributed by atoms with van der Waals surface area (Å²) in [6.45, 7) is 0.904. The van der Waals surface area contributed by atoms with E-state index < -0.39 is 17.6 Å². The SMILES string of the molecule is COC1CCN(C(=O)c2ccc(Br)c(C(F)(F)F)c2)C1. The van der Waals surface area contributed by atoms with Crippen molar-refractivity contribution in [1.29, 1.82) is 0 Å². The Kier molecular flexibility index (Phi) is 4.39. The van der Waals surface area contributed by atoms with E-state index >= 15 is 0 Å². The molecule has 2 rings (SSSR count). The minimum absolute atomic E-state index is 0.0391. The number of benzene rings is 1. The summed E-state index contributed by atoms with van der Waals surface area (Å²) >= 11 is 2.85. The van der Waals surface area contributed by atoms with Crippen LogP contribution in [0.1, 0.15) is 22.3 Å². The van der Waals surface area contributed by atoms with Crippen LogP contribution in [0.3, 0.4) is 0 Å². The summed E-state index contributed by atoms with van der Waals surface area (Å²) < 4.78 is 43.5. The van der Waals surface area contributed by atoms with E-state index in [9.17, 15) is 18.0 Å². The molecule has 1 heterocycles. The molecule has 0 N–H and O–H groups in total. The number of methoxy groups -OCH3 is 1. The number of alkyl halides is 3. The molecule has 0 spiro atoms. The van der Waals surface area contributed by atoms with Gasteiger partial charge in [-0.05, 0) is 24.6 Å². The second-order valence-electron chi connectivity index (χ2n) is 4.59. The third-order valence-corrected chi connectivity index (χ3v) is 3.98. The highest BCUT2D eigenvalue weighted by Gasteiger charge is 2.34. The van der Waals surface area contributed by atoms with E-state index in [4.69, 9.17) is 4.74 Å². The Labute approximate surface area is 122 Å². The summed E-state index contributed by atoms with van der Waals surface area (Å²) in [5.74, 6) is -0.400. The number of carbonyl (C=O) groups excluding carboxylic acids is 1. The number of halogens is 4. The maximum absolute atomic E-state index is 12.8. The van der Waals surface area contributed by atoms with E-state index in [2.05, 4.69) is 15.9 Å². The molecule has 1 aliphatic rings. The van der Waals surface area contributed by atoms with Gasteiger partial charge in [-0.25, -0.2) is 0 Å². The highest BCUT2D eigenvalue weighted by Crippen LogP contribution is 2.35. The Morgan fingerprint density at radius 2 is 2.15 bits per heavy atom. The summed E-state index contributed by atoms with van der Waals surface area (Å²) in [5, 5.41) is 0. The molecule has 1 saturated heterocycles. The molecule has 1 aromatic rings. The first-order chi connectivity index (χ1) is 9.32. The van der Waals surface area contributed by atoms with Crippen LogP contribution < -0.4 is 0 Å². The lowest BCUT2D eigenvalue weighted by Gasteiger charge is -2.17. The normalized spacial score (nSPS) is 19.4. The lowest BCUT2D eigenvalue weighted by atomic mass is 10.1. The number of hydrogen-bond acceptors (Lipinski definition) is 2. The summed E-state index contributed by atoms with van der Waals surface area (Å²) in [6.07, 6.45) is -3.84. The van der Waals surface area contributed by atoms with Gasteiger partial charge in [-0.2, -0.15) is 13.2 Å². The van der Waals surface area contributed by atoms with E-state index in [0.29, 0.717) is 19.5 Å². The highest BCUT2D eigenvalue weighted by atomic mass is 79.9. The molecule has 7 heteroatoms. The van der Waals surface area contributed by atoms with Crippen molar-refractivity contribution < 1.29 is 22.7 Å². The zero-order chi connectivity index (χ0) is 14.9. The number of nitrogens with zero attached hydrogens (tertiary/aromatic N) is 1.